The molecule has 0 radical (unpaired) electrons. The van der Waals surface area contributed by atoms with E-state index in [1.165, 1.54) is 11.0 Å². The van der Waals surface area contributed by atoms with Gasteiger partial charge in [-0.25, -0.2) is 18.2 Å². The van der Waals surface area contributed by atoms with Crippen molar-refractivity contribution < 1.29 is 41.8 Å². The summed E-state index contributed by atoms with van der Waals surface area (Å²) in [5.41, 5.74) is 1.39. The highest BCUT2D eigenvalue weighted by Gasteiger charge is 2.62. The summed E-state index contributed by atoms with van der Waals surface area (Å²) >= 11 is 0. The number of aromatic nitrogens is 1. The highest BCUT2D eigenvalue weighted by atomic mass is 32.2. The van der Waals surface area contributed by atoms with Gasteiger partial charge < -0.3 is 29.7 Å². The zero-order valence-corrected chi connectivity index (χ0v) is 34.0. The fraction of sp³-hybridized carbons (Fsp3) is 0.477. The Labute approximate surface area is 344 Å². The molecule has 1 aromatic heterocycles. The van der Waals surface area contributed by atoms with Crippen molar-refractivity contribution in [1.82, 2.24) is 25.2 Å². The Kier molecular flexibility index (Phi) is 11.4. The smallest absolute Gasteiger partial charge is 0.407 e. The van der Waals surface area contributed by atoms with Gasteiger partial charge in [0.05, 0.1) is 36.7 Å². The number of methoxy groups -OCH3 is 1. The third-order valence-corrected chi connectivity index (χ3v) is 14.1. The van der Waals surface area contributed by atoms with Crippen LogP contribution in [-0.2, 0) is 29.1 Å². The van der Waals surface area contributed by atoms with Gasteiger partial charge in [0.1, 0.15) is 35.2 Å². The Morgan fingerprint density at radius 1 is 1.05 bits per heavy atom. The van der Waals surface area contributed by atoms with Gasteiger partial charge in [-0.15, -0.1) is 6.58 Å². The number of cyclic esters (lactones) is 1. The molecular formula is C44H51N5O9S. The molecule has 5 atom stereocenters. The first-order valence-electron chi connectivity index (χ1n) is 20.7. The van der Waals surface area contributed by atoms with Crippen LogP contribution in [0.15, 0.2) is 67.3 Å². The van der Waals surface area contributed by atoms with Crippen molar-refractivity contribution in [1.29, 1.82) is 0 Å². The van der Waals surface area contributed by atoms with Crippen LogP contribution in [0.4, 0.5) is 4.79 Å². The van der Waals surface area contributed by atoms with Crippen molar-refractivity contribution in [2.45, 2.75) is 99.6 Å². The molecule has 8 rings (SSSR count). The van der Waals surface area contributed by atoms with Gasteiger partial charge in [0.2, 0.25) is 21.8 Å². The molecule has 14 nitrogen and oxygen atoms in total. The van der Waals surface area contributed by atoms with E-state index in [2.05, 4.69) is 21.9 Å². The lowest BCUT2D eigenvalue weighted by atomic mass is 9.96. The van der Waals surface area contributed by atoms with Crippen molar-refractivity contribution >= 4 is 50.8 Å². The monoisotopic (exact) mass is 825 g/mol. The average molecular weight is 826 g/mol. The zero-order valence-electron chi connectivity index (χ0n) is 33.2. The first kappa shape index (κ1) is 40.3. The van der Waals surface area contributed by atoms with Crippen LogP contribution in [0.1, 0.15) is 76.2 Å². The van der Waals surface area contributed by atoms with Crippen LogP contribution in [0.5, 0.6) is 11.5 Å². The van der Waals surface area contributed by atoms with E-state index in [1.54, 1.807) is 7.11 Å². The molecule has 2 aromatic carbocycles. The van der Waals surface area contributed by atoms with E-state index in [-0.39, 0.29) is 31.9 Å². The summed E-state index contributed by atoms with van der Waals surface area (Å²) in [6.07, 6.45) is 10.6. The number of hydrogen-bond donors (Lipinski definition) is 3. The molecule has 4 fully saturated rings. The third kappa shape index (κ3) is 8.52. The van der Waals surface area contributed by atoms with Crippen LogP contribution in [0.2, 0.25) is 0 Å². The molecule has 3 N–H and O–H groups in total. The highest BCUT2D eigenvalue weighted by Crippen LogP contribution is 2.46. The minimum Gasteiger partial charge on any atom is -0.496 e. The number of nitrogens with zero attached hydrogens (tertiary/aromatic N) is 2. The summed E-state index contributed by atoms with van der Waals surface area (Å²) in [7, 11) is -2.31. The van der Waals surface area contributed by atoms with Crippen LogP contribution >= 0.6 is 0 Å². The second-order valence-electron chi connectivity index (χ2n) is 16.3. The molecule has 3 aliphatic carbocycles. The van der Waals surface area contributed by atoms with Crippen molar-refractivity contribution in [3.8, 4) is 22.8 Å². The summed E-state index contributed by atoms with van der Waals surface area (Å²) < 4.78 is 46.1. The van der Waals surface area contributed by atoms with Crippen LogP contribution in [0, 0.1) is 11.8 Å². The molecule has 4 bridgehead atoms. The van der Waals surface area contributed by atoms with Gasteiger partial charge in [-0.3, -0.25) is 19.1 Å². The summed E-state index contributed by atoms with van der Waals surface area (Å²) in [6, 6.07) is 13.3. The molecule has 1 saturated heterocycles. The number of hydrogen-bond acceptors (Lipinski definition) is 10. The Balaban J connectivity index is 1.18. The van der Waals surface area contributed by atoms with Crippen molar-refractivity contribution in [3.63, 3.8) is 0 Å². The number of carbonyl (C=O) groups excluding carboxylic acids is 4. The second-order valence-corrected chi connectivity index (χ2v) is 18.3. The van der Waals surface area contributed by atoms with Gasteiger partial charge in [0.25, 0.3) is 5.91 Å². The quantitative estimate of drug-likeness (QED) is 0.236. The Morgan fingerprint density at radius 2 is 1.83 bits per heavy atom. The number of ether oxygens (including phenoxy) is 3. The molecule has 3 aromatic rings. The number of sulfonamides is 1. The fourth-order valence-corrected chi connectivity index (χ4v) is 10.1. The van der Waals surface area contributed by atoms with Crippen molar-refractivity contribution in [2.75, 3.05) is 20.3 Å². The SMILES string of the molecule is C=C[C@@H]1C[C@]1(NC(=O)[C@@H]1C[C@@H]2CN1C(=O)[C@H](C1CCCC1)NC(=O)OCCCC/C=C\c1cc3c(cc(-c4ccccc4)nc3cc1OC)O2)C(=O)NS(=O)(=O)C1CC1. The normalized spacial score (nSPS) is 27.0. The van der Waals surface area contributed by atoms with Crippen LogP contribution < -0.4 is 24.8 Å². The lowest BCUT2D eigenvalue weighted by Crippen LogP contribution is -2.59. The van der Waals surface area contributed by atoms with E-state index in [1.807, 2.05) is 60.7 Å². The van der Waals surface area contributed by atoms with E-state index in [0.717, 1.165) is 36.8 Å². The van der Waals surface area contributed by atoms with Gasteiger partial charge in [0.15, 0.2) is 0 Å². The number of rotatable bonds is 9. The molecule has 3 heterocycles. The zero-order chi connectivity index (χ0) is 41.3. The van der Waals surface area contributed by atoms with E-state index in [9.17, 15) is 27.6 Å². The summed E-state index contributed by atoms with van der Waals surface area (Å²) in [6.45, 7) is 3.98. The van der Waals surface area contributed by atoms with Crippen molar-refractivity contribution in [3.05, 3.63) is 72.8 Å². The van der Waals surface area contributed by atoms with Gasteiger partial charge in [0, 0.05) is 41.0 Å². The number of nitrogens with one attached hydrogen (secondary N) is 3. The van der Waals surface area contributed by atoms with E-state index in [0.29, 0.717) is 60.2 Å². The maximum Gasteiger partial charge on any atom is 0.407 e. The fourth-order valence-electron chi connectivity index (χ4n) is 8.73. The first-order chi connectivity index (χ1) is 28.5. The lowest BCUT2D eigenvalue weighted by molar-refractivity contribution is -0.142. The number of carbonyl (C=O) groups is 4. The molecule has 59 heavy (non-hydrogen) atoms. The molecule has 4 amide bonds. The second kappa shape index (κ2) is 16.7. The number of allylic oxidation sites excluding steroid dienone is 1. The maximum absolute atomic E-state index is 14.9. The van der Waals surface area contributed by atoms with Gasteiger partial charge >= 0.3 is 6.09 Å². The minimum atomic E-state index is -3.91. The van der Waals surface area contributed by atoms with Gasteiger partial charge in [-0.05, 0) is 63.4 Å². The molecule has 0 spiro atoms. The lowest BCUT2D eigenvalue weighted by Gasteiger charge is -2.32. The molecule has 3 saturated carbocycles. The molecule has 0 unspecified atom stereocenters. The van der Waals surface area contributed by atoms with Gasteiger partial charge in [-0.2, -0.15) is 0 Å². The third-order valence-electron chi connectivity index (χ3n) is 12.3. The number of benzene rings is 2. The van der Waals surface area contributed by atoms with Crippen LogP contribution in [0.25, 0.3) is 28.2 Å². The first-order valence-corrected chi connectivity index (χ1v) is 22.2. The molecule has 2 aliphatic heterocycles. The predicted octanol–water partition coefficient (Wildman–Crippen LogP) is 5.41. The van der Waals surface area contributed by atoms with Crippen molar-refractivity contribution in [2.24, 2.45) is 11.8 Å². The number of alkyl carbamates (subject to hydrolysis) is 1. The summed E-state index contributed by atoms with van der Waals surface area (Å²) in [4.78, 5) is 62.8. The number of fused-ring (bicyclic) bond motifs is 3. The maximum atomic E-state index is 14.9. The standard InChI is InChI=1S/C44H51N5O9S/c1-3-30-25-44(30,42(52)48-59(54,55)32-18-19-32)47-40(50)36-22-31-26-49(36)41(51)39(28-15-10-11-16-28)46-43(53)57-20-12-5-4-7-17-29-21-33-35(24-37(29)56-2)45-34(23-38(33)58-31)27-13-8-6-9-14-27/h3,6-9,13-14,17,21,23-24,28,30-32,36,39H,1,4-5,10-12,15-16,18-20,22,25-26H2,2H3,(H,46,53)(H,47,50)(H,48,52)/b17-7-/t30-,31-,36+,39+,44-/m1/s1. The average Bonchev–Trinajstić information content (AvgIpc) is 4.11. The van der Waals surface area contributed by atoms with E-state index in [4.69, 9.17) is 19.2 Å². The Morgan fingerprint density at radius 3 is 2.54 bits per heavy atom. The molecule has 15 heteroatoms. The Bertz CT molecular complexity index is 2270. The summed E-state index contributed by atoms with van der Waals surface area (Å²) in [5, 5.41) is 5.78. The minimum absolute atomic E-state index is 0.00951. The Hall–Kier alpha value is -5.44. The topological polar surface area (TPSA) is 182 Å². The van der Waals surface area contributed by atoms with Crippen LogP contribution in [-0.4, -0.2) is 91.4 Å². The van der Waals surface area contributed by atoms with E-state index >= 15 is 0 Å². The largest absolute Gasteiger partial charge is 0.496 e. The van der Waals surface area contributed by atoms with E-state index < -0.39 is 68.7 Å². The molecule has 5 aliphatic rings. The van der Waals surface area contributed by atoms with Crippen LogP contribution in [0.3, 0.4) is 0 Å². The molecular weight excluding hydrogens is 775 g/mol. The molecule has 312 valence electrons. The highest BCUT2D eigenvalue weighted by molar-refractivity contribution is 7.91. The van der Waals surface area contributed by atoms with Gasteiger partial charge in [-0.1, -0.05) is 61.4 Å². The summed E-state index contributed by atoms with van der Waals surface area (Å²) in [5.74, 6) is -1.50. The predicted molar refractivity (Wildman–Crippen MR) is 221 cm³/mol. The number of amides is 4. The number of pyridine rings is 1.